The number of ether oxygens (including phenoxy) is 1. The van der Waals surface area contributed by atoms with E-state index < -0.39 is 5.97 Å². The summed E-state index contributed by atoms with van der Waals surface area (Å²) in [7, 11) is 0. The van der Waals surface area contributed by atoms with Crippen LogP contribution in [0, 0.1) is 0 Å². The van der Waals surface area contributed by atoms with Crippen molar-refractivity contribution in [2.75, 3.05) is 6.61 Å². The molecule has 1 aromatic rings. The van der Waals surface area contributed by atoms with Gasteiger partial charge >= 0.3 is 5.97 Å². The van der Waals surface area contributed by atoms with Crippen LogP contribution >= 0.6 is 11.8 Å². The largest absolute Gasteiger partial charge is 0.506 e. The lowest BCUT2D eigenvalue weighted by molar-refractivity contribution is -0.138. The summed E-state index contributed by atoms with van der Waals surface area (Å²) in [5, 5.41) is 10.5. The van der Waals surface area contributed by atoms with Crippen LogP contribution in [0.2, 0.25) is 0 Å². The maximum absolute atomic E-state index is 12.1. The third-order valence-corrected chi connectivity index (χ3v) is 4.27. The molecule has 0 aliphatic carbocycles. The number of allylic oxidation sites excluding steroid dienone is 2. The number of benzene rings is 1. The normalized spacial score (nSPS) is 17.7. The number of esters is 1. The fourth-order valence-electron chi connectivity index (χ4n) is 2.01. The highest BCUT2D eigenvalue weighted by atomic mass is 32.2. The molecule has 0 bridgehead atoms. The number of nitrogens with zero attached hydrogens (tertiary/aromatic N) is 1. The number of thioether (sulfide) groups is 1. The lowest BCUT2D eigenvalue weighted by Crippen LogP contribution is -2.14. The zero-order chi connectivity index (χ0) is 18.2. The van der Waals surface area contributed by atoms with Gasteiger partial charge in [-0.3, -0.25) is 4.79 Å². The summed E-state index contributed by atoms with van der Waals surface area (Å²) < 4.78 is 4.96. The van der Waals surface area contributed by atoms with Gasteiger partial charge in [-0.25, -0.2) is 9.79 Å². The molecule has 0 saturated carbocycles. The van der Waals surface area contributed by atoms with Crippen molar-refractivity contribution in [3.8, 4) is 0 Å². The minimum absolute atomic E-state index is 0.0620. The van der Waals surface area contributed by atoms with Crippen LogP contribution in [0.1, 0.15) is 25.8 Å². The van der Waals surface area contributed by atoms with E-state index in [-0.39, 0.29) is 35.3 Å². The summed E-state index contributed by atoms with van der Waals surface area (Å²) in [6.07, 6.45) is 5.53. The Morgan fingerprint density at radius 1 is 1.24 bits per heavy atom. The zero-order valence-corrected chi connectivity index (χ0v) is 14.9. The van der Waals surface area contributed by atoms with Gasteiger partial charge in [0, 0.05) is 6.42 Å². The average Bonchev–Trinajstić information content (AvgIpc) is 2.91. The Morgan fingerprint density at radius 2 is 1.96 bits per heavy atom. The summed E-state index contributed by atoms with van der Waals surface area (Å²) in [4.78, 5) is 28.0. The molecule has 0 spiro atoms. The lowest BCUT2D eigenvalue weighted by atomic mass is 10.2. The number of hydrogen-bond donors (Lipinski definition) is 1. The molecule has 0 fully saturated rings. The van der Waals surface area contributed by atoms with Gasteiger partial charge in [0.05, 0.1) is 11.5 Å². The van der Waals surface area contributed by atoms with E-state index in [1.165, 1.54) is 0 Å². The van der Waals surface area contributed by atoms with Crippen molar-refractivity contribution in [3.05, 3.63) is 64.3 Å². The van der Waals surface area contributed by atoms with Gasteiger partial charge in [-0.15, -0.1) is 0 Å². The van der Waals surface area contributed by atoms with Crippen LogP contribution in [0.3, 0.4) is 0 Å². The lowest BCUT2D eigenvalue weighted by Gasteiger charge is -2.02. The second-order valence-corrected chi connectivity index (χ2v) is 6.04. The van der Waals surface area contributed by atoms with E-state index >= 15 is 0 Å². The first-order valence-corrected chi connectivity index (χ1v) is 8.72. The van der Waals surface area contributed by atoms with Crippen molar-refractivity contribution in [2.24, 2.45) is 4.99 Å². The molecule has 0 aromatic heterocycles. The average molecular weight is 357 g/mol. The topological polar surface area (TPSA) is 76.0 Å². The number of rotatable bonds is 5. The van der Waals surface area contributed by atoms with Crippen LogP contribution < -0.4 is 0 Å². The number of aliphatic imine (C=N–C) groups is 1. The van der Waals surface area contributed by atoms with Crippen molar-refractivity contribution in [1.82, 2.24) is 0 Å². The zero-order valence-electron chi connectivity index (χ0n) is 14.1. The monoisotopic (exact) mass is 357 g/mol. The molecule has 1 aliphatic heterocycles. The van der Waals surface area contributed by atoms with Gasteiger partial charge in [-0.1, -0.05) is 61.2 Å². The summed E-state index contributed by atoms with van der Waals surface area (Å²) in [5.41, 5.74) is 0.944. The number of amides is 1. The second kappa shape index (κ2) is 9.03. The number of hydrogen-bond acceptors (Lipinski definition) is 5. The van der Waals surface area contributed by atoms with Gasteiger partial charge in [0.15, 0.2) is 0 Å². The predicted octanol–water partition coefficient (Wildman–Crippen LogP) is 4.04. The molecule has 25 heavy (non-hydrogen) atoms. The van der Waals surface area contributed by atoms with Crippen molar-refractivity contribution < 1.29 is 19.4 Å². The molecular formula is C19H19NO4S. The molecule has 130 valence electrons. The first-order chi connectivity index (χ1) is 12.1. The Hall–Kier alpha value is -2.60. The van der Waals surface area contributed by atoms with Crippen molar-refractivity contribution in [3.63, 3.8) is 0 Å². The molecule has 6 heteroatoms. The van der Waals surface area contributed by atoms with Gasteiger partial charge in [0.1, 0.15) is 16.4 Å². The highest BCUT2D eigenvalue weighted by molar-refractivity contribution is 8.18. The molecule has 0 unspecified atom stereocenters. The first-order valence-electron chi connectivity index (χ1n) is 7.90. The molecule has 1 amide bonds. The number of aliphatic hydroxyl groups is 1. The molecule has 0 atom stereocenters. The van der Waals surface area contributed by atoms with Crippen LogP contribution in [0.25, 0.3) is 6.08 Å². The minimum atomic E-state index is -0.689. The van der Waals surface area contributed by atoms with Crippen LogP contribution in [-0.2, 0) is 14.3 Å². The van der Waals surface area contributed by atoms with Gasteiger partial charge in [-0.05, 0) is 18.6 Å². The van der Waals surface area contributed by atoms with Gasteiger partial charge < -0.3 is 9.84 Å². The highest BCUT2D eigenvalue weighted by Gasteiger charge is 2.33. The van der Waals surface area contributed by atoms with Crippen LogP contribution in [0.5, 0.6) is 0 Å². The van der Waals surface area contributed by atoms with E-state index in [0.29, 0.717) is 4.91 Å². The fourth-order valence-corrected chi connectivity index (χ4v) is 2.99. The Morgan fingerprint density at radius 3 is 2.60 bits per heavy atom. The van der Waals surface area contributed by atoms with E-state index in [1.807, 2.05) is 36.4 Å². The molecule has 5 nitrogen and oxygen atoms in total. The number of carbonyl (C=O) groups is 2. The van der Waals surface area contributed by atoms with E-state index in [0.717, 1.165) is 17.3 Å². The minimum Gasteiger partial charge on any atom is -0.506 e. The molecule has 2 rings (SSSR count). The van der Waals surface area contributed by atoms with Crippen molar-refractivity contribution in [1.29, 1.82) is 0 Å². The van der Waals surface area contributed by atoms with Crippen LogP contribution in [0.4, 0.5) is 0 Å². The molecule has 1 aromatic carbocycles. The molecular weight excluding hydrogens is 338 g/mol. The standard InChI is InChI=1S/C19H19NO4S/c1-3-15(21)20-18-16(19(23)24-4-2)17(22)14(25-18)12-8-11-13-9-6-5-7-10-13/h5-12,22H,3-4H2,1-2H3/b11-8+,14-12-,20-18?. The highest BCUT2D eigenvalue weighted by Crippen LogP contribution is 2.38. The SMILES string of the molecule is CCOC(=O)C1=C(O)/C(=C/C=C/c2ccccc2)SC1=NC(=O)CC. The third-order valence-electron chi connectivity index (χ3n) is 3.23. The fraction of sp³-hybridized carbons (Fsp3) is 0.211. The van der Waals surface area contributed by atoms with Crippen molar-refractivity contribution in [2.45, 2.75) is 20.3 Å². The maximum Gasteiger partial charge on any atom is 0.344 e. The summed E-state index contributed by atoms with van der Waals surface area (Å²) in [6, 6.07) is 9.67. The molecule has 1 N–H and O–H groups in total. The van der Waals surface area contributed by atoms with Gasteiger partial charge in [0.2, 0.25) is 5.91 Å². The van der Waals surface area contributed by atoms with E-state index in [1.54, 1.807) is 26.0 Å². The smallest absolute Gasteiger partial charge is 0.344 e. The van der Waals surface area contributed by atoms with Crippen molar-refractivity contribution >= 4 is 34.8 Å². The maximum atomic E-state index is 12.1. The molecule has 0 saturated heterocycles. The number of carbonyl (C=O) groups excluding carboxylic acids is 2. The Labute approximate surface area is 150 Å². The molecule has 1 aliphatic rings. The van der Waals surface area contributed by atoms with Crippen LogP contribution in [-0.4, -0.2) is 28.6 Å². The van der Waals surface area contributed by atoms with Crippen LogP contribution in [0.15, 0.2) is 63.7 Å². The second-order valence-electron chi connectivity index (χ2n) is 5.01. The summed E-state index contributed by atoms with van der Waals surface area (Å²) in [5.74, 6) is -1.27. The summed E-state index contributed by atoms with van der Waals surface area (Å²) >= 11 is 1.07. The molecule has 0 radical (unpaired) electrons. The predicted molar refractivity (Wildman–Crippen MR) is 100 cm³/mol. The first kappa shape index (κ1) is 18.7. The quantitative estimate of drug-likeness (QED) is 0.805. The third kappa shape index (κ3) is 4.93. The van der Waals surface area contributed by atoms with E-state index in [4.69, 9.17) is 4.74 Å². The molecule has 1 heterocycles. The number of aliphatic hydroxyl groups excluding tert-OH is 1. The van der Waals surface area contributed by atoms with Gasteiger partial charge in [0.25, 0.3) is 0 Å². The van der Waals surface area contributed by atoms with E-state index in [2.05, 4.69) is 4.99 Å². The summed E-state index contributed by atoms with van der Waals surface area (Å²) in [6.45, 7) is 3.52. The van der Waals surface area contributed by atoms with E-state index in [9.17, 15) is 14.7 Å². The van der Waals surface area contributed by atoms with Gasteiger partial charge in [-0.2, -0.15) is 0 Å². The Bertz CT molecular complexity index is 776. The Kier molecular flexibility index (Phi) is 6.77. The Balaban J connectivity index is 2.32.